The van der Waals surface area contributed by atoms with Gasteiger partial charge in [-0.25, -0.2) is 0 Å². The molecular weight excluding hydrogens is 374 g/mol. The maximum atomic E-state index is 3.54. The molecule has 0 aliphatic carbocycles. The van der Waals surface area contributed by atoms with Crippen molar-refractivity contribution in [1.29, 1.82) is 0 Å². The lowest BCUT2D eigenvalue weighted by atomic mass is 10.3. The summed E-state index contributed by atoms with van der Waals surface area (Å²) in [6.07, 6.45) is 0. The molecule has 0 saturated heterocycles. The van der Waals surface area contributed by atoms with Gasteiger partial charge >= 0.3 is 0 Å². The molecule has 4 heteroatoms. The first-order chi connectivity index (χ1) is 8.75. The minimum Gasteiger partial charge on any atom is -0.383 e. The molecule has 0 heterocycles. The first-order valence-corrected chi connectivity index (χ1v) is 8.19. The molecule has 1 N–H and O–H groups in total. The average Bonchev–Trinajstić information content (AvgIpc) is 2.40. The highest BCUT2D eigenvalue weighted by molar-refractivity contribution is 9.11. The Balaban J connectivity index is 1.80. The van der Waals surface area contributed by atoms with Crippen LogP contribution in [0.2, 0.25) is 0 Å². The fourth-order valence-electron chi connectivity index (χ4n) is 1.50. The number of hydrogen-bond acceptors (Lipinski definition) is 2. The van der Waals surface area contributed by atoms with Crippen LogP contribution in [0.3, 0.4) is 0 Å². The van der Waals surface area contributed by atoms with Crippen molar-refractivity contribution in [2.75, 3.05) is 17.6 Å². The quantitative estimate of drug-likeness (QED) is 0.544. The molecule has 0 amide bonds. The van der Waals surface area contributed by atoms with Crippen LogP contribution in [0.25, 0.3) is 0 Å². The Morgan fingerprint density at radius 3 is 2.56 bits per heavy atom. The lowest BCUT2D eigenvalue weighted by Crippen LogP contribution is -2.04. The molecule has 94 valence electrons. The summed E-state index contributed by atoms with van der Waals surface area (Å²) in [5, 5.41) is 3.43. The number of halogens is 2. The number of nitrogens with one attached hydrogen (secondary N) is 1. The van der Waals surface area contributed by atoms with Crippen molar-refractivity contribution < 1.29 is 0 Å². The van der Waals surface area contributed by atoms with Gasteiger partial charge in [-0.1, -0.05) is 34.1 Å². The maximum Gasteiger partial charge on any atom is 0.0496 e. The van der Waals surface area contributed by atoms with Crippen LogP contribution in [0.15, 0.2) is 62.4 Å². The third-order valence-corrected chi connectivity index (χ3v) is 4.56. The van der Waals surface area contributed by atoms with Crippen LogP contribution in [-0.4, -0.2) is 12.3 Å². The standard InChI is InChI=1S/C14H13Br2NS/c15-11-6-7-13(16)14(10-11)17-8-9-18-12-4-2-1-3-5-12/h1-7,10,17H,8-9H2. The molecule has 2 aromatic carbocycles. The monoisotopic (exact) mass is 385 g/mol. The maximum absolute atomic E-state index is 3.54. The molecule has 0 bridgehead atoms. The predicted octanol–water partition coefficient (Wildman–Crippen LogP) is 5.42. The molecule has 1 nitrogen and oxygen atoms in total. The number of benzene rings is 2. The van der Waals surface area contributed by atoms with Gasteiger partial charge in [0.25, 0.3) is 0 Å². The van der Waals surface area contributed by atoms with E-state index in [-0.39, 0.29) is 0 Å². The zero-order chi connectivity index (χ0) is 12.8. The Bertz CT molecular complexity index is 502. The normalized spacial score (nSPS) is 10.3. The Morgan fingerprint density at radius 1 is 1.00 bits per heavy atom. The van der Waals surface area contributed by atoms with Gasteiger partial charge in [-0.05, 0) is 46.3 Å². The van der Waals surface area contributed by atoms with E-state index in [1.165, 1.54) is 4.90 Å². The molecule has 0 fully saturated rings. The third kappa shape index (κ3) is 4.34. The van der Waals surface area contributed by atoms with E-state index in [0.717, 1.165) is 26.9 Å². The summed E-state index contributed by atoms with van der Waals surface area (Å²) in [7, 11) is 0. The summed E-state index contributed by atoms with van der Waals surface area (Å²) < 4.78 is 2.18. The van der Waals surface area contributed by atoms with Crippen LogP contribution in [0, 0.1) is 0 Å². The van der Waals surface area contributed by atoms with Crippen molar-refractivity contribution in [3.63, 3.8) is 0 Å². The second-order valence-electron chi connectivity index (χ2n) is 3.71. The van der Waals surface area contributed by atoms with Gasteiger partial charge in [0.2, 0.25) is 0 Å². The van der Waals surface area contributed by atoms with Gasteiger partial charge in [0.1, 0.15) is 0 Å². The van der Waals surface area contributed by atoms with Gasteiger partial charge in [-0.15, -0.1) is 11.8 Å². The van der Waals surface area contributed by atoms with E-state index >= 15 is 0 Å². The summed E-state index contributed by atoms with van der Waals surface area (Å²) in [6.45, 7) is 0.939. The molecule has 0 aliphatic heterocycles. The lowest BCUT2D eigenvalue weighted by molar-refractivity contribution is 1.22. The van der Waals surface area contributed by atoms with E-state index in [4.69, 9.17) is 0 Å². The van der Waals surface area contributed by atoms with E-state index in [1.54, 1.807) is 0 Å². The van der Waals surface area contributed by atoms with Crippen molar-refractivity contribution in [2.45, 2.75) is 4.90 Å². The topological polar surface area (TPSA) is 12.0 Å². The molecule has 0 aromatic heterocycles. The SMILES string of the molecule is Brc1ccc(Br)c(NCCSc2ccccc2)c1. The van der Waals surface area contributed by atoms with Crippen LogP contribution >= 0.6 is 43.6 Å². The fourth-order valence-corrected chi connectivity index (χ4v) is 3.04. The highest BCUT2D eigenvalue weighted by atomic mass is 79.9. The van der Waals surface area contributed by atoms with Gasteiger partial charge < -0.3 is 5.32 Å². The molecule has 2 aromatic rings. The first-order valence-electron chi connectivity index (χ1n) is 5.62. The molecule has 18 heavy (non-hydrogen) atoms. The Hall–Kier alpha value is -0.450. The van der Waals surface area contributed by atoms with Gasteiger partial charge in [0.05, 0.1) is 0 Å². The van der Waals surface area contributed by atoms with Crippen molar-refractivity contribution in [1.82, 2.24) is 0 Å². The smallest absolute Gasteiger partial charge is 0.0496 e. The van der Waals surface area contributed by atoms with E-state index in [9.17, 15) is 0 Å². The number of hydrogen-bond donors (Lipinski definition) is 1. The number of thioether (sulfide) groups is 1. The number of rotatable bonds is 5. The summed E-state index contributed by atoms with van der Waals surface area (Å²) in [4.78, 5) is 1.31. The zero-order valence-electron chi connectivity index (χ0n) is 9.70. The Labute approximate surface area is 129 Å². The molecule has 0 radical (unpaired) electrons. The molecule has 0 atom stereocenters. The minimum atomic E-state index is 0.939. The summed E-state index contributed by atoms with van der Waals surface area (Å²) in [6, 6.07) is 16.6. The van der Waals surface area contributed by atoms with Crippen molar-refractivity contribution in [3.8, 4) is 0 Å². The first kappa shape index (κ1) is 14.0. The second-order valence-corrected chi connectivity index (χ2v) is 6.65. The van der Waals surface area contributed by atoms with E-state index < -0.39 is 0 Å². The van der Waals surface area contributed by atoms with Crippen LogP contribution in [0.1, 0.15) is 0 Å². The third-order valence-electron chi connectivity index (χ3n) is 2.36. The average molecular weight is 387 g/mol. The zero-order valence-corrected chi connectivity index (χ0v) is 13.7. The molecule has 2 rings (SSSR count). The van der Waals surface area contributed by atoms with Crippen LogP contribution in [0.4, 0.5) is 5.69 Å². The Morgan fingerprint density at radius 2 is 1.78 bits per heavy atom. The summed E-state index contributed by atoms with van der Waals surface area (Å²) >= 11 is 8.87. The molecular formula is C14H13Br2NS. The highest BCUT2D eigenvalue weighted by Crippen LogP contribution is 2.26. The van der Waals surface area contributed by atoms with E-state index in [1.807, 2.05) is 30.0 Å². The lowest BCUT2D eigenvalue weighted by Gasteiger charge is -2.08. The van der Waals surface area contributed by atoms with E-state index in [0.29, 0.717) is 0 Å². The summed E-state index contributed by atoms with van der Waals surface area (Å²) in [5.74, 6) is 1.04. The molecule has 0 saturated carbocycles. The van der Waals surface area contributed by atoms with Gasteiger partial charge in [0.15, 0.2) is 0 Å². The number of anilines is 1. The van der Waals surface area contributed by atoms with Crippen LogP contribution in [-0.2, 0) is 0 Å². The van der Waals surface area contributed by atoms with Crippen molar-refractivity contribution in [2.24, 2.45) is 0 Å². The predicted molar refractivity (Wildman–Crippen MR) is 87.5 cm³/mol. The van der Waals surface area contributed by atoms with Gasteiger partial charge in [-0.2, -0.15) is 0 Å². The van der Waals surface area contributed by atoms with E-state index in [2.05, 4.69) is 67.5 Å². The van der Waals surface area contributed by atoms with Gasteiger partial charge in [0, 0.05) is 31.8 Å². The highest BCUT2D eigenvalue weighted by Gasteiger charge is 2.00. The van der Waals surface area contributed by atoms with Crippen LogP contribution in [0.5, 0.6) is 0 Å². The molecule has 0 unspecified atom stereocenters. The minimum absolute atomic E-state index is 0.939. The molecule has 0 aliphatic rings. The fraction of sp³-hybridized carbons (Fsp3) is 0.143. The largest absolute Gasteiger partial charge is 0.383 e. The van der Waals surface area contributed by atoms with Crippen molar-refractivity contribution >= 4 is 49.3 Å². The van der Waals surface area contributed by atoms with Gasteiger partial charge in [-0.3, -0.25) is 0 Å². The molecule has 0 spiro atoms. The Kier molecular flexibility index (Phi) is 5.60. The van der Waals surface area contributed by atoms with Crippen LogP contribution < -0.4 is 5.32 Å². The second kappa shape index (κ2) is 7.22. The summed E-state index contributed by atoms with van der Waals surface area (Å²) in [5.41, 5.74) is 1.12. The van der Waals surface area contributed by atoms with Crippen molar-refractivity contribution in [3.05, 3.63) is 57.5 Å².